The van der Waals surface area contributed by atoms with Crippen molar-refractivity contribution in [1.82, 2.24) is 5.48 Å². The molecule has 0 aliphatic heterocycles. The van der Waals surface area contributed by atoms with E-state index < -0.39 is 0 Å². The van der Waals surface area contributed by atoms with Gasteiger partial charge in [0.15, 0.2) is 0 Å². The second-order valence-electron chi connectivity index (χ2n) is 5.88. The molecule has 1 aromatic carbocycles. The Morgan fingerprint density at radius 1 is 0.941 bits per heavy atom. The number of benzene rings is 1. The average molecular weight is 235 g/mol. The van der Waals surface area contributed by atoms with E-state index in [9.17, 15) is 0 Å². The Labute approximate surface area is 105 Å². The molecule has 0 fully saturated rings. The smallest absolute Gasteiger partial charge is 0.0813 e. The predicted octanol–water partition coefficient (Wildman–Crippen LogP) is 4.19. The Morgan fingerprint density at radius 2 is 1.41 bits per heavy atom. The van der Waals surface area contributed by atoms with Gasteiger partial charge in [-0.2, -0.15) is 5.48 Å². The van der Waals surface area contributed by atoms with Gasteiger partial charge in [-0.25, -0.2) is 0 Å². The van der Waals surface area contributed by atoms with Crippen LogP contribution in [0.5, 0.6) is 0 Å². The molecule has 2 heteroatoms. The Morgan fingerprint density at radius 3 is 1.82 bits per heavy atom. The number of hydrogen-bond donors (Lipinski definition) is 1. The molecule has 2 nitrogen and oxygen atoms in total. The summed E-state index contributed by atoms with van der Waals surface area (Å²) in [5.41, 5.74) is 5.55. The van der Waals surface area contributed by atoms with Gasteiger partial charge < -0.3 is 0 Å². The van der Waals surface area contributed by atoms with Crippen LogP contribution in [0.25, 0.3) is 0 Å². The summed E-state index contributed by atoms with van der Waals surface area (Å²) in [7, 11) is 0. The highest BCUT2D eigenvalue weighted by Gasteiger charge is 2.13. The zero-order chi connectivity index (χ0) is 13.1. The number of hydroxylamine groups is 1. The number of hydrogen-bond acceptors (Lipinski definition) is 2. The molecule has 0 radical (unpaired) electrons. The zero-order valence-corrected chi connectivity index (χ0v) is 11.9. The molecule has 1 N–H and O–H groups in total. The van der Waals surface area contributed by atoms with Crippen molar-refractivity contribution in [3.8, 4) is 0 Å². The van der Waals surface area contributed by atoms with E-state index in [-0.39, 0.29) is 11.6 Å². The highest BCUT2D eigenvalue weighted by Crippen LogP contribution is 2.19. The first-order valence-electron chi connectivity index (χ1n) is 6.33. The number of rotatable bonds is 4. The fourth-order valence-electron chi connectivity index (χ4n) is 1.50. The summed E-state index contributed by atoms with van der Waals surface area (Å²) in [5, 5.41) is 0. The SMILES string of the molecule is CC(C)c1ccc(C(C)NOC(C)(C)C)cc1. The van der Waals surface area contributed by atoms with Crippen LogP contribution in [-0.2, 0) is 4.84 Å². The second kappa shape index (κ2) is 5.65. The van der Waals surface area contributed by atoms with Crippen molar-refractivity contribution in [2.75, 3.05) is 0 Å². The lowest BCUT2D eigenvalue weighted by molar-refractivity contribution is -0.0866. The molecule has 0 aliphatic carbocycles. The van der Waals surface area contributed by atoms with Crippen LogP contribution >= 0.6 is 0 Å². The molecule has 96 valence electrons. The average Bonchev–Trinajstić information content (AvgIpc) is 2.25. The molecule has 0 aliphatic rings. The lowest BCUT2D eigenvalue weighted by atomic mass is 10.00. The molecule has 1 atom stereocenters. The lowest BCUT2D eigenvalue weighted by Gasteiger charge is -2.23. The van der Waals surface area contributed by atoms with Crippen molar-refractivity contribution in [3.63, 3.8) is 0 Å². The van der Waals surface area contributed by atoms with Crippen LogP contribution < -0.4 is 5.48 Å². The zero-order valence-electron chi connectivity index (χ0n) is 11.9. The van der Waals surface area contributed by atoms with E-state index in [1.807, 2.05) is 20.8 Å². The fraction of sp³-hybridized carbons (Fsp3) is 0.600. The summed E-state index contributed by atoms with van der Waals surface area (Å²) >= 11 is 0. The normalized spacial score (nSPS) is 14.1. The number of nitrogens with one attached hydrogen (secondary N) is 1. The Hall–Kier alpha value is -0.860. The molecular formula is C15H25NO. The van der Waals surface area contributed by atoms with Crippen molar-refractivity contribution in [2.45, 2.75) is 59.1 Å². The van der Waals surface area contributed by atoms with Gasteiger partial charge in [0.2, 0.25) is 0 Å². The molecule has 0 aromatic heterocycles. The molecule has 1 unspecified atom stereocenters. The molecule has 1 rings (SSSR count). The second-order valence-corrected chi connectivity index (χ2v) is 5.88. The van der Waals surface area contributed by atoms with Gasteiger partial charge in [0.1, 0.15) is 0 Å². The molecule has 0 saturated carbocycles. The predicted molar refractivity (Wildman–Crippen MR) is 72.9 cm³/mol. The van der Waals surface area contributed by atoms with Crippen LogP contribution in [0.3, 0.4) is 0 Å². The van der Waals surface area contributed by atoms with E-state index in [4.69, 9.17) is 4.84 Å². The maximum atomic E-state index is 5.57. The van der Waals surface area contributed by atoms with E-state index in [1.54, 1.807) is 0 Å². The quantitative estimate of drug-likeness (QED) is 0.790. The van der Waals surface area contributed by atoms with Crippen molar-refractivity contribution in [3.05, 3.63) is 35.4 Å². The summed E-state index contributed by atoms with van der Waals surface area (Å²) in [5.74, 6) is 0.582. The standard InChI is InChI=1S/C15H25NO/c1-11(2)13-7-9-14(10-8-13)12(3)16-17-15(4,5)6/h7-12,16H,1-6H3. The van der Waals surface area contributed by atoms with Crippen LogP contribution in [0.1, 0.15) is 64.6 Å². The topological polar surface area (TPSA) is 21.3 Å². The first-order valence-corrected chi connectivity index (χ1v) is 6.33. The third kappa shape index (κ3) is 4.88. The van der Waals surface area contributed by atoms with E-state index in [0.717, 1.165) is 0 Å². The molecule has 0 heterocycles. The maximum absolute atomic E-state index is 5.57. The summed E-state index contributed by atoms with van der Waals surface area (Å²) in [6, 6.07) is 8.91. The van der Waals surface area contributed by atoms with Gasteiger partial charge in [-0.15, -0.1) is 0 Å². The van der Waals surface area contributed by atoms with Gasteiger partial charge in [0, 0.05) is 0 Å². The minimum Gasteiger partial charge on any atom is -0.296 e. The highest BCUT2D eigenvalue weighted by molar-refractivity contribution is 5.26. The van der Waals surface area contributed by atoms with Crippen molar-refractivity contribution in [2.24, 2.45) is 0 Å². The van der Waals surface area contributed by atoms with Gasteiger partial charge >= 0.3 is 0 Å². The van der Waals surface area contributed by atoms with Gasteiger partial charge in [-0.05, 0) is 44.7 Å². The van der Waals surface area contributed by atoms with Crippen LogP contribution in [-0.4, -0.2) is 5.60 Å². The van der Waals surface area contributed by atoms with E-state index in [2.05, 4.69) is 50.5 Å². The molecule has 0 spiro atoms. The van der Waals surface area contributed by atoms with Crippen LogP contribution in [0, 0.1) is 0 Å². The minimum atomic E-state index is -0.161. The molecule has 0 amide bonds. The molecule has 0 bridgehead atoms. The third-order valence-electron chi connectivity index (χ3n) is 2.65. The van der Waals surface area contributed by atoms with Crippen molar-refractivity contribution >= 4 is 0 Å². The first kappa shape index (κ1) is 14.2. The maximum Gasteiger partial charge on any atom is 0.0813 e. The molecule has 1 aromatic rings. The largest absolute Gasteiger partial charge is 0.296 e. The minimum absolute atomic E-state index is 0.161. The summed E-state index contributed by atoms with van der Waals surface area (Å²) in [6.07, 6.45) is 0. The summed E-state index contributed by atoms with van der Waals surface area (Å²) in [6.45, 7) is 12.6. The van der Waals surface area contributed by atoms with Crippen LogP contribution in [0.4, 0.5) is 0 Å². The van der Waals surface area contributed by atoms with Gasteiger partial charge in [-0.3, -0.25) is 4.84 Å². The highest BCUT2D eigenvalue weighted by atomic mass is 16.7. The summed E-state index contributed by atoms with van der Waals surface area (Å²) in [4.78, 5) is 5.57. The van der Waals surface area contributed by atoms with E-state index >= 15 is 0 Å². The van der Waals surface area contributed by atoms with Gasteiger partial charge in [0.05, 0.1) is 11.6 Å². The monoisotopic (exact) mass is 235 g/mol. The Kier molecular flexibility index (Phi) is 4.72. The Balaban J connectivity index is 2.60. The Bertz CT molecular complexity index is 335. The molecular weight excluding hydrogens is 210 g/mol. The van der Waals surface area contributed by atoms with Crippen molar-refractivity contribution < 1.29 is 4.84 Å². The lowest BCUT2D eigenvalue weighted by Crippen LogP contribution is -2.30. The first-order chi connectivity index (χ1) is 7.79. The van der Waals surface area contributed by atoms with Gasteiger partial charge in [0.25, 0.3) is 0 Å². The summed E-state index contributed by atoms with van der Waals surface area (Å²) < 4.78 is 0. The van der Waals surface area contributed by atoms with Crippen LogP contribution in [0.15, 0.2) is 24.3 Å². The fourth-order valence-corrected chi connectivity index (χ4v) is 1.50. The van der Waals surface area contributed by atoms with Crippen LogP contribution in [0.2, 0.25) is 0 Å². The third-order valence-corrected chi connectivity index (χ3v) is 2.65. The van der Waals surface area contributed by atoms with E-state index in [0.29, 0.717) is 5.92 Å². The van der Waals surface area contributed by atoms with Gasteiger partial charge in [-0.1, -0.05) is 38.1 Å². The molecule has 17 heavy (non-hydrogen) atoms. The van der Waals surface area contributed by atoms with Crippen molar-refractivity contribution in [1.29, 1.82) is 0 Å². The van der Waals surface area contributed by atoms with E-state index in [1.165, 1.54) is 11.1 Å². The molecule has 0 saturated heterocycles.